The summed E-state index contributed by atoms with van der Waals surface area (Å²) in [7, 11) is 1.71. The molecular formula is C16H23N3OS. The van der Waals surface area contributed by atoms with Gasteiger partial charge in [-0.2, -0.15) is 0 Å². The van der Waals surface area contributed by atoms with E-state index in [1.54, 1.807) is 18.4 Å². The van der Waals surface area contributed by atoms with Gasteiger partial charge >= 0.3 is 0 Å². The van der Waals surface area contributed by atoms with Crippen LogP contribution in [-0.4, -0.2) is 23.3 Å². The summed E-state index contributed by atoms with van der Waals surface area (Å²) in [5.41, 5.74) is 1.20. The van der Waals surface area contributed by atoms with Gasteiger partial charge in [0.15, 0.2) is 0 Å². The Labute approximate surface area is 130 Å². The summed E-state index contributed by atoms with van der Waals surface area (Å²) in [5, 5.41) is 13.9. The van der Waals surface area contributed by atoms with E-state index < -0.39 is 0 Å². The van der Waals surface area contributed by atoms with Gasteiger partial charge < -0.3 is 10.1 Å². The van der Waals surface area contributed by atoms with Crippen LogP contribution in [0.5, 0.6) is 5.75 Å². The Morgan fingerprint density at radius 1 is 1.14 bits per heavy atom. The van der Waals surface area contributed by atoms with Crippen LogP contribution in [0.1, 0.15) is 31.3 Å². The molecule has 0 amide bonds. The molecule has 0 spiro atoms. The molecule has 2 aromatic rings. The van der Waals surface area contributed by atoms with E-state index >= 15 is 0 Å². The van der Waals surface area contributed by atoms with E-state index in [-0.39, 0.29) is 6.04 Å². The first-order valence-electron chi connectivity index (χ1n) is 7.29. The Hall–Kier alpha value is -1.62. The highest BCUT2D eigenvalue weighted by Gasteiger charge is 2.11. The first-order chi connectivity index (χ1) is 10.1. The van der Waals surface area contributed by atoms with E-state index in [1.165, 1.54) is 5.56 Å². The van der Waals surface area contributed by atoms with Gasteiger partial charge in [-0.05, 0) is 30.9 Å². The number of ether oxygens (including phenoxy) is 1. The molecular weight excluding hydrogens is 282 g/mol. The third-order valence-electron chi connectivity index (χ3n) is 3.14. The van der Waals surface area contributed by atoms with Crippen LogP contribution in [-0.2, 0) is 12.8 Å². The van der Waals surface area contributed by atoms with Gasteiger partial charge in [0, 0.05) is 12.5 Å². The third kappa shape index (κ3) is 4.70. The maximum atomic E-state index is 5.39. The summed E-state index contributed by atoms with van der Waals surface area (Å²) >= 11 is 1.65. The monoisotopic (exact) mass is 305 g/mol. The Balaban J connectivity index is 1.95. The van der Waals surface area contributed by atoms with Crippen LogP contribution in [0.25, 0.3) is 0 Å². The van der Waals surface area contributed by atoms with E-state index in [0.29, 0.717) is 5.92 Å². The summed E-state index contributed by atoms with van der Waals surface area (Å²) in [6.07, 6.45) is 1.88. The van der Waals surface area contributed by atoms with Gasteiger partial charge in [0.1, 0.15) is 10.8 Å². The maximum absolute atomic E-state index is 5.39. The molecule has 0 aliphatic carbocycles. The molecule has 5 heteroatoms. The third-order valence-corrected chi connectivity index (χ3v) is 4.02. The number of nitrogens with one attached hydrogen (secondary N) is 1. The molecule has 1 heterocycles. The van der Waals surface area contributed by atoms with Gasteiger partial charge in [-0.15, -0.1) is 10.2 Å². The summed E-state index contributed by atoms with van der Waals surface area (Å²) in [6.45, 7) is 6.54. The van der Waals surface area contributed by atoms with Crippen LogP contribution in [0, 0.1) is 5.92 Å². The second-order valence-electron chi connectivity index (χ2n) is 5.66. The van der Waals surface area contributed by atoms with Crippen molar-refractivity contribution in [3.05, 3.63) is 34.8 Å². The highest BCUT2D eigenvalue weighted by Crippen LogP contribution is 2.22. The molecule has 1 atom stereocenters. The second-order valence-corrected chi connectivity index (χ2v) is 6.72. The van der Waals surface area contributed by atoms with Crippen molar-refractivity contribution in [2.24, 2.45) is 5.92 Å². The van der Waals surface area contributed by atoms with Crippen molar-refractivity contribution in [1.29, 1.82) is 0 Å². The fourth-order valence-electron chi connectivity index (χ4n) is 2.21. The summed E-state index contributed by atoms with van der Waals surface area (Å²) in [5.74, 6) is 1.54. The zero-order valence-electron chi connectivity index (χ0n) is 13.1. The summed E-state index contributed by atoms with van der Waals surface area (Å²) < 4.78 is 5.39. The van der Waals surface area contributed by atoms with Crippen molar-refractivity contribution in [2.75, 3.05) is 12.4 Å². The molecule has 0 saturated carbocycles. The zero-order chi connectivity index (χ0) is 15.2. The van der Waals surface area contributed by atoms with Crippen LogP contribution in [0.2, 0.25) is 0 Å². The Bertz CT molecular complexity index is 568. The zero-order valence-corrected chi connectivity index (χ0v) is 13.9. The molecule has 0 saturated heterocycles. The fraction of sp³-hybridized carbons (Fsp3) is 0.500. The topological polar surface area (TPSA) is 47.0 Å². The minimum atomic E-state index is 0.279. The minimum Gasteiger partial charge on any atom is -0.496 e. The number of hydrogen-bond acceptors (Lipinski definition) is 5. The van der Waals surface area contributed by atoms with Gasteiger partial charge in [-0.25, -0.2) is 0 Å². The van der Waals surface area contributed by atoms with Crippen LogP contribution in [0.3, 0.4) is 0 Å². The predicted octanol–water partition coefficient (Wildman–Crippen LogP) is 3.79. The number of anilines is 1. The fourth-order valence-corrected chi connectivity index (χ4v) is 3.27. The Morgan fingerprint density at radius 3 is 2.62 bits per heavy atom. The molecule has 21 heavy (non-hydrogen) atoms. The van der Waals surface area contributed by atoms with E-state index in [0.717, 1.165) is 28.7 Å². The number of methoxy groups -OCH3 is 1. The van der Waals surface area contributed by atoms with Crippen LogP contribution < -0.4 is 10.1 Å². The number of rotatable bonds is 7. The van der Waals surface area contributed by atoms with E-state index in [9.17, 15) is 0 Å². The Morgan fingerprint density at radius 2 is 1.90 bits per heavy atom. The lowest BCUT2D eigenvalue weighted by atomic mass is 10.1. The SMILES string of the molecule is COc1ccccc1CC(C)Nc1nnc(CC(C)C)s1. The van der Waals surface area contributed by atoms with Crippen molar-refractivity contribution < 1.29 is 4.74 Å². The molecule has 1 unspecified atom stereocenters. The van der Waals surface area contributed by atoms with Crippen molar-refractivity contribution in [2.45, 2.75) is 39.7 Å². The summed E-state index contributed by atoms with van der Waals surface area (Å²) in [4.78, 5) is 0. The largest absolute Gasteiger partial charge is 0.496 e. The van der Waals surface area contributed by atoms with Crippen LogP contribution in [0.15, 0.2) is 24.3 Å². The van der Waals surface area contributed by atoms with Gasteiger partial charge in [0.2, 0.25) is 5.13 Å². The molecule has 0 radical (unpaired) electrons. The van der Waals surface area contributed by atoms with E-state index in [2.05, 4.69) is 42.4 Å². The number of benzene rings is 1. The molecule has 0 aliphatic heterocycles. The molecule has 2 rings (SSSR count). The first-order valence-corrected chi connectivity index (χ1v) is 8.11. The van der Waals surface area contributed by atoms with Gasteiger partial charge in [-0.3, -0.25) is 0 Å². The molecule has 1 aromatic heterocycles. The second kappa shape index (κ2) is 7.41. The molecule has 0 fully saturated rings. The first kappa shape index (κ1) is 15.8. The molecule has 1 aromatic carbocycles. The lowest BCUT2D eigenvalue weighted by molar-refractivity contribution is 0.409. The Kier molecular flexibility index (Phi) is 5.56. The minimum absolute atomic E-state index is 0.279. The highest BCUT2D eigenvalue weighted by molar-refractivity contribution is 7.15. The maximum Gasteiger partial charge on any atom is 0.205 e. The predicted molar refractivity (Wildman–Crippen MR) is 88.2 cm³/mol. The van der Waals surface area contributed by atoms with Crippen LogP contribution in [0.4, 0.5) is 5.13 Å². The van der Waals surface area contributed by atoms with Gasteiger partial charge in [0.25, 0.3) is 0 Å². The van der Waals surface area contributed by atoms with Gasteiger partial charge in [-0.1, -0.05) is 43.4 Å². The lowest BCUT2D eigenvalue weighted by Gasteiger charge is -2.14. The molecule has 114 valence electrons. The normalized spacial score (nSPS) is 12.4. The summed E-state index contributed by atoms with van der Waals surface area (Å²) in [6, 6.07) is 8.40. The van der Waals surface area contributed by atoms with Crippen LogP contribution >= 0.6 is 11.3 Å². The molecule has 1 N–H and O–H groups in total. The standard InChI is InChI=1S/C16H23N3OS/c1-11(2)9-15-18-19-16(21-15)17-12(3)10-13-7-5-6-8-14(13)20-4/h5-8,11-12H,9-10H2,1-4H3,(H,17,19). The van der Waals surface area contributed by atoms with E-state index in [4.69, 9.17) is 4.74 Å². The molecule has 4 nitrogen and oxygen atoms in total. The quantitative estimate of drug-likeness (QED) is 0.845. The van der Waals surface area contributed by atoms with Crippen molar-refractivity contribution in [3.8, 4) is 5.75 Å². The number of nitrogens with zero attached hydrogens (tertiary/aromatic N) is 2. The number of hydrogen-bond donors (Lipinski definition) is 1. The van der Waals surface area contributed by atoms with Crippen molar-refractivity contribution in [3.63, 3.8) is 0 Å². The van der Waals surface area contributed by atoms with Crippen molar-refractivity contribution in [1.82, 2.24) is 10.2 Å². The number of aromatic nitrogens is 2. The van der Waals surface area contributed by atoms with E-state index in [1.807, 2.05) is 18.2 Å². The van der Waals surface area contributed by atoms with Crippen molar-refractivity contribution >= 4 is 16.5 Å². The molecule has 0 bridgehead atoms. The number of para-hydroxylation sites is 1. The molecule has 0 aliphatic rings. The lowest BCUT2D eigenvalue weighted by Crippen LogP contribution is -2.18. The van der Waals surface area contributed by atoms with Gasteiger partial charge in [0.05, 0.1) is 7.11 Å². The average molecular weight is 305 g/mol. The highest BCUT2D eigenvalue weighted by atomic mass is 32.1. The smallest absolute Gasteiger partial charge is 0.205 e. The average Bonchev–Trinajstić information content (AvgIpc) is 2.85.